The van der Waals surface area contributed by atoms with Gasteiger partial charge in [-0.25, -0.2) is 0 Å². The second-order valence-corrected chi connectivity index (χ2v) is 3.80. The van der Waals surface area contributed by atoms with Gasteiger partial charge in [-0.2, -0.15) is 0 Å². The Bertz CT molecular complexity index is 427. The monoisotopic (exact) mass is 235 g/mol. The largest absolute Gasteiger partial charge is 0.491 e. The standard InChI is InChI=1S/C13H17NO3/c1-4-7-17-13-6-5-11(9(2)15)8-12(13)14-10(3)16/h5-6,8H,4,7H2,1-3H3,(H,14,16). The molecule has 0 heterocycles. The number of ketones is 1. The zero-order valence-corrected chi connectivity index (χ0v) is 10.4. The molecular weight excluding hydrogens is 218 g/mol. The third kappa shape index (κ3) is 3.90. The number of nitrogens with one attached hydrogen (secondary N) is 1. The van der Waals surface area contributed by atoms with Crippen molar-refractivity contribution in [2.45, 2.75) is 27.2 Å². The number of hydrogen-bond donors (Lipinski definition) is 1. The number of carbonyl (C=O) groups is 2. The predicted octanol–water partition coefficient (Wildman–Crippen LogP) is 2.64. The van der Waals surface area contributed by atoms with Gasteiger partial charge in [-0.15, -0.1) is 0 Å². The van der Waals surface area contributed by atoms with E-state index in [2.05, 4.69) is 5.32 Å². The van der Waals surface area contributed by atoms with Crippen LogP contribution in [0.2, 0.25) is 0 Å². The van der Waals surface area contributed by atoms with Crippen LogP contribution in [-0.4, -0.2) is 18.3 Å². The average molecular weight is 235 g/mol. The molecule has 0 aromatic heterocycles. The van der Waals surface area contributed by atoms with E-state index >= 15 is 0 Å². The fraction of sp³-hybridized carbons (Fsp3) is 0.385. The molecule has 4 heteroatoms. The van der Waals surface area contributed by atoms with Gasteiger partial charge in [0.2, 0.25) is 5.91 Å². The third-order valence-corrected chi connectivity index (χ3v) is 2.16. The first kappa shape index (κ1) is 13.2. The SMILES string of the molecule is CCCOc1ccc(C(C)=O)cc1NC(C)=O. The lowest BCUT2D eigenvalue weighted by molar-refractivity contribution is -0.114. The van der Waals surface area contributed by atoms with Crippen molar-refractivity contribution in [3.05, 3.63) is 23.8 Å². The Morgan fingerprint density at radius 3 is 2.53 bits per heavy atom. The first-order chi connectivity index (χ1) is 8.04. The van der Waals surface area contributed by atoms with Crippen LogP contribution in [0, 0.1) is 0 Å². The van der Waals surface area contributed by atoms with E-state index in [1.54, 1.807) is 18.2 Å². The van der Waals surface area contributed by atoms with Crippen molar-refractivity contribution >= 4 is 17.4 Å². The molecule has 0 saturated heterocycles. The average Bonchev–Trinajstić information content (AvgIpc) is 2.26. The predicted molar refractivity (Wildman–Crippen MR) is 66.5 cm³/mol. The summed E-state index contributed by atoms with van der Waals surface area (Å²) in [6.45, 7) is 5.48. The zero-order chi connectivity index (χ0) is 12.8. The van der Waals surface area contributed by atoms with Gasteiger partial charge < -0.3 is 10.1 Å². The summed E-state index contributed by atoms with van der Waals surface area (Å²) in [6.07, 6.45) is 0.883. The van der Waals surface area contributed by atoms with Crippen LogP contribution in [0.4, 0.5) is 5.69 Å². The van der Waals surface area contributed by atoms with Crippen LogP contribution < -0.4 is 10.1 Å². The summed E-state index contributed by atoms with van der Waals surface area (Å²) in [4.78, 5) is 22.3. The Morgan fingerprint density at radius 2 is 2.00 bits per heavy atom. The van der Waals surface area contributed by atoms with Crippen molar-refractivity contribution in [3.8, 4) is 5.75 Å². The van der Waals surface area contributed by atoms with Gasteiger partial charge in [-0.05, 0) is 31.5 Å². The number of rotatable bonds is 5. The van der Waals surface area contributed by atoms with Crippen molar-refractivity contribution < 1.29 is 14.3 Å². The van der Waals surface area contributed by atoms with Crippen LogP contribution in [0.25, 0.3) is 0 Å². The number of Topliss-reactive ketones (excluding diaryl/α,β-unsaturated/α-hetero) is 1. The van der Waals surface area contributed by atoms with Gasteiger partial charge in [0.15, 0.2) is 5.78 Å². The molecule has 4 nitrogen and oxygen atoms in total. The highest BCUT2D eigenvalue weighted by molar-refractivity contribution is 5.97. The smallest absolute Gasteiger partial charge is 0.221 e. The number of carbonyl (C=O) groups excluding carboxylic acids is 2. The summed E-state index contributed by atoms with van der Waals surface area (Å²) in [6, 6.07) is 5.03. The topological polar surface area (TPSA) is 55.4 Å². The maximum absolute atomic E-state index is 11.3. The summed E-state index contributed by atoms with van der Waals surface area (Å²) in [7, 11) is 0. The van der Waals surface area contributed by atoms with E-state index in [0.29, 0.717) is 23.6 Å². The quantitative estimate of drug-likeness (QED) is 0.798. The second kappa shape index (κ2) is 6.03. The number of amides is 1. The van der Waals surface area contributed by atoms with Crippen LogP contribution in [0.15, 0.2) is 18.2 Å². The van der Waals surface area contributed by atoms with Gasteiger partial charge in [0.05, 0.1) is 12.3 Å². The third-order valence-electron chi connectivity index (χ3n) is 2.16. The molecule has 0 radical (unpaired) electrons. The molecule has 0 aliphatic rings. The van der Waals surface area contributed by atoms with E-state index < -0.39 is 0 Å². The number of hydrogen-bond acceptors (Lipinski definition) is 3. The molecule has 0 bridgehead atoms. The number of benzene rings is 1. The van der Waals surface area contributed by atoms with Gasteiger partial charge in [0.25, 0.3) is 0 Å². The van der Waals surface area contributed by atoms with Gasteiger partial charge in [-0.1, -0.05) is 6.92 Å². The minimum absolute atomic E-state index is 0.0429. The minimum atomic E-state index is -0.188. The first-order valence-electron chi connectivity index (χ1n) is 5.60. The Kier molecular flexibility index (Phi) is 4.69. The van der Waals surface area contributed by atoms with Crippen LogP contribution in [0.1, 0.15) is 37.6 Å². The van der Waals surface area contributed by atoms with E-state index in [4.69, 9.17) is 4.74 Å². The molecule has 0 atom stereocenters. The van der Waals surface area contributed by atoms with E-state index in [1.165, 1.54) is 13.8 Å². The molecule has 1 amide bonds. The Labute approximate surface area is 101 Å². The molecule has 1 aromatic carbocycles. The number of anilines is 1. The highest BCUT2D eigenvalue weighted by Crippen LogP contribution is 2.26. The lowest BCUT2D eigenvalue weighted by Gasteiger charge is -2.12. The molecule has 0 spiro atoms. The highest BCUT2D eigenvalue weighted by Gasteiger charge is 2.08. The molecule has 1 N–H and O–H groups in total. The fourth-order valence-corrected chi connectivity index (χ4v) is 1.37. The van der Waals surface area contributed by atoms with Crippen LogP contribution in [-0.2, 0) is 4.79 Å². The maximum atomic E-state index is 11.3. The van der Waals surface area contributed by atoms with Crippen molar-refractivity contribution in [1.29, 1.82) is 0 Å². The molecule has 17 heavy (non-hydrogen) atoms. The van der Waals surface area contributed by atoms with Crippen molar-refractivity contribution in [1.82, 2.24) is 0 Å². The van der Waals surface area contributed by atoms with Crippen LogP contribution in [0.5, 0.6) is 5.75 Å². The molecule has 0 saturated carbocycles. The normalized spacial score (nSPS) is 9.82. The Morgan fingerprint density at radius 1 is 1.29 bits per heavy atom. The molecule has 92 valence electrons. The minimum Gasteiger partial charge on any atom is -0.491 e. The van der Waals surface area contributed by atoms with Crippen molar-refractivity contribution in [3.63, 3.8) is 0 Å². The van der Waals surface area contributed by atoms with Gasteiger partial charge >= 0.3 is 0 Å². The van der Waals surface area contributed by atoms with E-state index in [1.807, 2.05) is 6.92 Å². The van der Waals surface area contributed by atoms with E-state index in [0.717, 1.165) is 6.42 Å². The molecular formula is C13H17NO3. The van der Waals surface area contributed by atoms with Crippen LogP contribution >= 0.6 is 0 Å². The molecule has 1 rings (SSSR count). The van der Waals surface area contributed by atoms with Crippen molar-refractivity contribution in [2.75, 3.05) is 11.9 Å². The zero-order valence-electron chi connectivity index (χ0n) is 10.4. The lowest BCUT2D eigenvalue weighted by atomic mass is 10.1. The summed E-state index contributed by atoms with van der Waals surface area (Å²) in [5.74, 6) is 0.359. The summed E-state index contributed by atoms with van der Waals surface area (Å²) >= 11 is 0. The van der Waals surface area contributed by atoms with Crippen molar-refractivity contribution in [2.24, 2.45) is 0 Å². The summed E-state index contributed by atoms with van der Waals surface area (Å²) < 4.78 is 5.50. The summed E-state index contributed by atoms with van der Waals surface area (Å²) in [5, 5.41) is 2.66. The second-order valence-electron chi connectivity index (χ2n) is 3.80. The van der Waals surface area contributed by atoms with E-state index in [-0.39, 0.29) is 11.7 Å². The van der Waals surface area contributed by atoms with E-state index in [9.17, 15) is 9.59 Å². The Balaban J connectivity index is 3.02. The molecule has 0 aliphatic carbocycles. The van der Waals surface area contributed by atoms with Gasteiger partial charge in [0.1, 0.15) is 5.75 Å². The first-order valence-corrected chi connectivity index (χ1v) is 5.60. The lowest BCUT2D eigenvalue weighted by Crippen LogP contribution is -2.09. The Hall–Kier alpha value is -1.84. The molecule has 0 fully saturated rings. The molecule has 1 aromatic rings. The van der Waals surface area contributed by atoms with Gasteiger partial charge in [0, 0.05) is 12.5 Å². The molecule has 0 unspecified atom stereocenters. The summed E-state index contributed by atoms with van der Waals surface area (Å²) in [5.41, 5.74) is 1.09. The van der Waals surface area contributed by atoms with Crippen LogP contribution in [0.3, 0.4) is 0 Å². The fourth-order valence-electron chi connectivity index (χ4n) is 1.37. The number of ether oxygens (including phenoxy) is 1. The van der Waals surface area contributed by atoms with Gasteiger partial charge in [-0.3, -0.25) is 9.59 Å². The highest BCUT2D eigenvalue weighted by atomic mass is 16.5. The molecule has 0 aliphatic heterocycles. The maximum Gasteiger partial charge on any atom is 0.221 e.